The van der Waals surface area contributed by atoms with E-state index in [4.69, 9.17) is 0 Å². The maximum atomic E-state index is 10.7. The van der Waals surface area contributed by atoms with Crippen molar-refractivity contribution < 1.29 is 39.3 Å². The van der Waals surface area contributed by atoms with E-state index in [2.05, 4.69) is 29.9 Å². The van der Waals surface area contributed by atoms with Crippen LogP contribution in [0.5, 0.6) is 0 Å². The Kier molecular flexibility index (Phi) is 17.0. The minimum absolute atomic E-state index is 0. The number of carboxylic acid groups (broad SMARTS) is 2. The van der Waals surface area contributed by atoms with E-state index >= 15 is 0 Å². The molecule has 0 amide bonds. The van der Waals surface area contributed by atoms with Gasteiger partial charge in [0.1, 0.15) is 0 Å². The van der Waals surface area contributed by atoms with Crippen molar-refractivity contribution >= 4 is 36.8 Å². The molecule has 0 aliphatic carbocycles. The molecule has 0 atom stereocenters. The molecule has 45 heavy (non-hydrogen) atoms. The molecule has 6 aromatic rings. The Morgan fingerprint density at radius 2 is 0.667 bits per heavy atom. The molecule has 0 aliphatic rings. The molecule has 0 radical (unpaired) electrons. The Labute approximate surface area is 284 Å². The van der Waals surface area contributed by atoms with Crippen molar-refractivity contribution in [3.05, 3.63) is 145 Å². The number of aromatic carboxylic acids is 2. The van der Waals surface area contributed by atoms with Gasteiger partial charge >= 0.3 is 19.5 Å². The van der Waals surface area contributed by atoms with E-state index in [1.807, 2.05) is 72.8 Å². The summed E-state index contributed by atoms with van der Waals surface area (Å²) in [5.41, 5.74) is 4.05. The monoisotopic (exact) mass is 728 g/mol. The summed E-state index contributed by atoms with van der Waals surface area (Å²) in [6, 6.07) is 28.3. The normalized spacial score (nSPS) is 9.16. The van der Waals surface area contributed by atoms with Gasteiger partial charge in [0.05, 0.1) is 46.1 Å². The van der Waals surface area contributed by atoms with Crippen molar-refractivity contribution in [2.75, 3.05) is 0 Å². The summed E-state index contributed by atoms with van der Waals surface area (Å²) < 4.78 is 0. The minimum Gasteiger partial charge on any atom is -0.545 e. The number of aromatic nitrogens is 6. The SMILES string of the molecule is Cl.Cl.O=C([O-])c1ccnc(-c2cc(C(=O)[O-])ccn2)c1.[Ru+2].c1ccc(-c2ccccn2)nc1.c1ccc(-c2ccccn2)nc1. The van der Waals surface area contributed by atoms with Gasteiger partial charge in [0.25, 0.3) is 0 Å². The van der Waals surface area contributed by atoms with Crippen LogP contribution in [0.15, 0.2) is 134 Å². The van der Waals surface area contributed by atoms with Gasteiger partial charge in [-0.2, -0.15) is 0 Å². The topological polar surface area (TPSA) is 158 Å². The van der Waals surface area contributed by atoms with Crippen LogP contribution in [0.4, 0.5) is 0 Å². The van der Waals surface area contributed by atoms with E-state index < -0.39 is 11.9 Å². The Morgan fingerprint density at radius 1 is 0.400 bits per heavy atom. The van der Waals surface area contributed by atoms with E-state index in [-0.39, 0.29) is 66.8 Å². The largest absolute Gasteiger partial charge is 2.00 e. The number of carbonyl (C=O) groups excluding carboxylic acids is 2. The zero-order chi connectivity index (χ0) is 29.6. The molecule has 0 bridgehead atoms. The molecular weight excluding hydrogens is 704 g/mol. The van der Waals surface area contributed by atoms with Crippen LogP contribution in [0.2, 0.25) is 0 Å². The van der Waals surface area contributed by atoms with E-state index in [0.29, 0.717) is 0 Å². The smallest absolute Gasteiger partial charge is 0.545 e. The average Bonchev–Trinajstić information content (AvgIpc) is 3.07. The molecule has 0 aromatic carbocycles. The molecule has 0 spiro atoms. The number of hydrogen-bond donors (Lipinski definition) is 0. The second kappa shape index (κ2) is 20.1. The third-order valence-corrected chi connectivity index (χ3v) is 5.44. The van der Waals surface area contributed by atoms with Crippen LogP contribution in [0.25, 0.3) is 34.2 Å². The molecule has 0 N–H and O–H groups in total. The first-order chi connectivity index (χ1) is 20.5. The first kappa shape index (κ1) is 38.1. The van der Waals surface area contributed by atoms with Gasteiger partial charge in [0.2, 0.25) is 0 Å². The van der Waals surface area contributed by atoms with Gasteiger partial charge < -0.3 is 19.8 Å². The zero-order valence-electron chi connectivity index (χ0n) is 23.2. The summed E-state index contributed by atoms with van der Waals surface area (Å²) in [6.45, 7) is 0. The molecule has 0 saturated carbocycles. The minimum atomic E-state index is -1.34. The molecule has 6 rings (SSSR count). The Bertz CT molecular complexity index is 1540. The van der Waals surface area contributed by atoms with Crippen LogP contribution in [-0.2, 0) is 19.5 Å². The molecule has 0 fully saturated rings. The number of carboxylic acids is 2. The van der Waals surface area contributed by atoms with Crippen LogP contribution < -0.4 is 10.2 Å². The number of carbonyl (C=O) groups is 2. The first-order valence-corrected chi connectivity index (χ1v) is 12.5. The molecule has 6 aromatic heterocycles. The second-order valence-electron chi connectivity index (χ2n) is 8.29. The Hall–Kier alpha value is -4.96. The predicted molar refractivity (Wildman–Crippen MR) is 166 cm³/mol. The van der Waals surface area contributed by atoms with Crippen LogP contribution >= 0.6 is 24.8 Å². The average molecular weight is 729 g/mol. The van der Waals surface area contributed by atoms with Crippen LogP contribution in [-0.4, -0.2) is 41.8 Å². The summed E-state index contributed by atoms with van der Waals surface area (Å²) >= 11 is 0. The summed E-state index contributed by atoms with van der Waals surface area (Å²) in [7, 11) is 0. The van der Waals surface area contributed by atoms with E-state index in [1.54, 1.807) is 24.8 Å². The molecule has 0 aliphatic heterocycles. The van der Waals surface area contributed by atoms with Gasteiger partial charge in [-0.1, -0.05) is 24.3 Å². The van der Waals surface area contributed by atoms with Crippen molar-refractivity contribution in [1.29, 1.82) is 0 Å². The molecule has 13 heteroatoms. The quantitative estimate of drug-likeness (QED) is 0.238. The number of nitrogens with zero attached hydrogens (tertiary/aromatic N) is 6. The fourth-order valence-corrected chi connectivity index (χ4v) is 3.45. The van der Waals surface area contributed by atoms with Crippen LogP contribution in [0, 0.1) is 0 Å². The molecule has 6 heterocycles. The van der Waals surface area contributed by atoms with Gasteiger partial charge in [-0.25, -0.2) is 0 Å². The fraction of sp³-hybridized carbons (Fsp3) is 0. The summed E-state index contributed by atoms with van der Waals surface area (Å²) in [5, 5.41) is 21.4. The number of halogens is 2. The Morgan fingerprint density at radius 3 is 0.889 bits per heavy atom. The van der Waals surface area contributed by atoms with Gasteiger partial charge in [0, 0.05) is 48.3 Å². The molecule has 0 unspecified atom stereocenters. The van der Waals surface area contributed by atoms with Crippen LogP contribution in [0.1, 0.15) is 20.7 Å². The third-order valence-electron chi connectivity index (χ3n) is 5.44. The van der Waals surface area contributed by atoms with Crippen molar-refractivity contribution in [3.63, 3.8) is 0 Å². The van der Waals surface area contributed by atoms with E-state index in [1.165, 1.54) is 36.7 Å². The first-order valence-electron chi connectivity index (χ1n) is 12.5. The van der Waals surface area contributed by atoms with Crippen molar-refractivity contribution in [3.8, 4) is 34.2 Å². The molecule has 10 nitrogen and oxygen atoms in total. The van der Waals surface area contributed by atoms with E-state index in [9.17, 15) is 19.8 Å². The molecule has 0 saturated heterocycles. The maximum Gasteiger partial charge on any atom is 2.00 e. The van der Waals surface area contributed by atoms with Gasteiger partial charge in [-0.15, -0.1) is 24.8 Å². The summed E-state index contributed by atoms with van der Waals surface area (Å²) in [6.07, 6.45) is 9.64. The van der Waals surface area contributed by atoms with E-state index in [0.717, 1.165) is 22.8 Å². The summed E-state index contributed by atoms with van der Waals surface area (Å²) in [5.74, 6) is -2.68. The molecule has 228 valence electrons. The Balaban J connectivity index is 0.000000336. The van der Waals surface area contributed by atoms with Gasteiger partial charge in [-0.3, -0.25) is 29.9 Å². The predicted octanol–water partition coefficient (Wildman–Crippen LogP) is 4.00. The van der Waals surface area contributed by atoms with Crippen molar-refractivity contribution in [2.45, 2.75) is 0 Å². The third kappa shape index (κ3) is 11.9. The fourth-order valence-electron chi connectivity index (χ4n) is 3.45. The van der Waals surface area contributed by atoms with Crippen molar-refractivity contribution in [2.24, 2.45) is 0 Å². The number of hydrogen-bond acceptors (Lipinski definition) is 10. The van der Waals surface area contributed by atoms with Crippen LogP contribution in [0.3, 0.4) is 0 Å². The number of pyridine rings is 6. The second-order valence-corrected chi connectivity index (χ2v) is 8.29. The standard InChI is InChI=1S/C12H8N2O4.2C10H8N2.2ClH.Ru/c15-11(16)7-1-3-13-9(5-7)10-6-8(12(17)18)2-4-14-10;2*1-3-7-11-9(5-1)10-6-2-4-8-12-10;;;/h1-6H,(H,15,16)(H,17,18);2*1-8H;2*1H;/q;;;;;+2/p-2. The van der Waals surface area contributed by atoms with Crippen molar-refractivity contribution in [1.82, 2.24) is 29.9 Å². The number of rotatable bonds is 5. The maximum absolute atomic E-state index is 10.7. The van der Waals surface area contributed by atoms with Gasteiger partial charge in [0.15, 0.2) is 0 Å². The zero-order valence-corrected chi connectivity index (χ0v) is 26.6. The summed E-state index contributed by atoms with van der Waals surface area (Å²) in [4.78, 5) is 46.0. The van der Waals surface area contributed by atoms with Gasteiger partial charge in [-0.05, 0) is 72.8 Å². The molecular formula is C32H24Cl2N6O4Ru.